The van der Waals surface area contributed by atoms with E-state index < -0.39 is 0 Å². The quantitative estimate of drug-likeness (QED) is 0.703. The van der Waals surface area contributed by atoms with Gasteiger partial charge < -0.3 is 15.1 Å². The number of piperazine rings is 1. The van der Waals surface area contributed by atoms with E-state index in [0.29, 0.717) is 11.5 Å². The third kappa shape index (κ3) is 3.78. The van der Waals surface area contributed by atoms with Crippen LogP contribution in [0.25, 0.3) is 11.0 Å². The number of carbonyl (C=O) groups is 1. The summed E-state index contributed by atoms with van der Waals surface area (Å²) in [5.41, 5.74) is 6.53. The molecule has 1 saturated carbocycles. The second kappa shape index (κ2) is 7.64. The molecule has 0 atom stereocenters. The maximum atomic E-state index is 13.3. The van der Waals surface area contributed by atoms with Crippen LogP contribution < -0.4 is 10.2 Å². The maximum absolute atomic E-state index is 13.3. The van der Waals surface area contributed by atoms with Gasteiger partial charge in [0.05, 0.1) is 16.6 Å². The summed E-state index contributed by atoms with van der Waals surface area (Å²) >= 11 is 0. The van der Waals surface area contributed by atoms with Crippen molar-refractivity contribution in [2.75, 3.05) is 43.4 Å². The number of likely N-dealkylation sites (N-methyl/N-ethyl adjacent to an activating group) is 1. The minimum atomic E-state index is -0.0999. The molecule has 1 N–H and O–H groups in total. The van der Waals surface area contributed by atoms with E-state index in [9.17, 15) is 4.79 Å². The number of nitrogens with one attached hydrogen (secondary N) is 1. The van der Waals surface area contributed by atoms with Gasteiger partial charge in [-0.25, -0.2) is 4.98 Å². The summed E-state index contributed by atoms with van der Waals surface area (Å²) in [5, 5.41) is 8.47. The molecule has 31 heavy (non-hydrogen) atoms. The standard InChI is InChI=1S/C24H30N6O/c1-15-13-18(7-8-21(15)30-11-9-28(3)10-12-30)25-24(31)19-14-20(17-5-6-17)26-23-22(19)16(2)27-29(23)4/h7-8,13-14,17H,5-6,9-12H2,1-4H3,(H,25,31). The molecular weight excluding hydrogens is 388 g/mol. The Bertz CT molecular complexity index is 1150. The third-order valence-electron chi connectivity index (χ3n) is 6.53. The molecular formula is C24H30N6O. The zero-order valence-corrected chi connectivity index (χ0v) is 18.8. The van der Waals surface area contributed by atoms with Gasteiger partial charge in [0.2, 0.25) is 0 Å². The largest absolute Gasteiger partial charge is 0.369 e. The van der Waals surface area contributed by atoms with Gasteiger partial charge in [0.25, 0.3) is 5.91 Å². The van der Waals surface area contributed by atoms with Gasteiger partial charge in [-0.1, -0.05) is 0 Å². The van der Waals surface area contributed by atoms with E-state index in [1.807, 2.05) is 26.1 Å². The van der Waals surface area contributed by atoms with Crippen molar-refractivity contribution >= 4 is 28.3 Å². The fourth-order valence-electron chi connectivity index (χ4n) is 4.57. The van der Waals surface area contributed by atoms with Crippen LogP contribution in [0.1, 0.15) is 46.1 Å². The zero-order chi connectivity index (χ0) is 21.7. The molecule has 162 valence electrons. The first-order valence-electron chi connectivity index (χ1n) is 11.1. The van der Waals surface area contributed by atoms with Crippen molar-refractivity contribution < 1.29 is 4.79 Å². The second-order valence-electron chi connectivity index (χ2n) is 9.02. The van der Waals surface area contributed by atoms with Gasteiger partial charge >= 0.3 is 0 Å². The van der Waals surface area contributed by atoms with Crippen molar-refractivity contribution in [1.29, 1.82) is 0 Å². The van der Waals surface area contributed by atoms with Crippen LogP contribution in [-0.4, -0.2) is 58.8 Å². The summed E-state index contributed by atoms with van der Waals surface area (Å²) < 4.78 is 1.78. The molecule has 1 amide bonds. The molecule has 1 aliphatic carbocycles. The van der Waals surface area contributed by atoms with Gasteiger partial charge in [-0.05, 0) is 63.6 Å². The molecule has 0 spiro atoms. The van der Waals surface area contributed by atoms with E-state index >= 15 is 0 Å². The predicted octanol–water partition coefficient (Wildman–Crippen LogP) is 3.47. The van der Waals surface area contributed by atoms with Crippen LogP contribution in [0.15, 0.2) is 24.3 Å². The number of nitrogens with zero attached hydrogens (tertiary/aromatic N) is 5. The van der Waals surface area contributed by atoms with Crippen LogP contribution in [0.3, 0.4) is 0 Å². The normalized spacial score (nSPS) is 17.4. The highest BCUT2D eigenvalue weighted by atomic mass is 16.1. The van der Waals surface area contributed by atoms with Gasteiger partial charge in [0.1, 0.15) is 0 Å². The topological polar surface area (TPSA) is 66.3 Å². The number of carbonyl (C=O) groups excluding carboxylic acids is 1. The van der Waals surface area contributed by atoms with E-state index in [-0.39, 0.29) is 5.91 Å². The molecule has 0 unspecified atom stereocenters. The fraction of sp³-hybridized carbons (Fsp3) is 0.458. The lowest BCUT2D eigenvalue weighted by Crippen LogP contribution is -2.44. The highest BCUT2D eigenvalue weighted by molar-refractivity contribution is 6.12. The van der Waals surface area contributed by atoms with E-state index in [1.165, 1.54) is 11.3 Å². The van der Waals surface area contributed by atoms with Crippen molar-refractivity contribution in [1.82, 2.24) is 19.7 Å². The molecule has 0 radical (unpaired) electrons. The van der Waals surface area contributed by atoms with E-state index in [2.05, 4.69) is 46.3 Å². The van der Waals surface area contributed by atoms with Crippen molar-refractivity contribution in [3.63, 3.8) is 0 Å². The molecule has 1 saturated heterocycles. The predicted molar refractivity (Wildman–Crippen MR) is 124 cm³/mol. The number of benzene rings is 1. The fourth-order valence-corrected chi connectivity index (χ4v) is 4.57. The highest BCUT2D eigenvalue weighted by Crippen LogP contribution is 2.40. The lowest BCUT2D eigenvalue weighted by molar-refractivity contribution is 0.102. The van der Waals surface area contributed by atoms with E-state index in [0.717, 1.165) is 67.1 Å². The average molecular weight is 419 g/mol. The Balaban J connectivity index is 1.43. The average Bonchev–Trinajstić information content (AvgIpc) is 3.55. The van der Waals surface area contributed by atoms with Gasteiger partial charge in [0, 0.05) is 56.2 Å². The molecule has 5 rings (SSSR count). The van der Waals surface area contributed by atoms with Crippen LogP contribution in [0.4, 0.5) is 11.4 Å². The van der Waals surface area contributed by atoms with Crippen molar-refractivity contribution in [2.24, 2.45) is 7.05 Å². The number of hydrogen-bond donors (Lipinski definition) is 1. The van der Waals surface area contributed by atoms with Crippen LogP contribution in [0.5, 0.6) is 0 Å². The Morgan fingerprint density at radius 3 is 2.48 bits per heavy atom. The van der Waals surface area contributed by atoms with Crippen molar-refractivity contribution in [3.8, 4) is 0 Å². The molecule has 2 aromatic heterocycles. The highest BCUT2D eigenvalue weighted by Gasteiger charge is 2.28. The first kappa shape index (κ1) is 20.0. The molecule has 7 heteroatoms. The Labute approximate surface area is 183 Å². The smallest absolute Gasteiger partial charge is 0.256 e. The molecule has 2 aliphatic rings. The zero-order valence-electron chi connectivity index (χ0n) is 18.8. The summed E-state index contributed by atoms with van der Waals surface area (Å²) in [6.07, 6.45) is 2.28. The molecule has 1 aliphatic heterocycles. The number of anilines is 2. The molecule has 3 aromatic rings. The number of pyridine rings is 1. The number of rotatable bonds is 4. The second-order valence-corrected chi connectivity index (χ2v) is 9.02. The maximum Gasteiger partial charge on any atom is 0.256 e. The Hall–Kier alpha value is -2.93. The Kier molecular flexibility index (Phi) is 4.93. The summed E-state index contributed by atoms with van der Waals surface area (Å²) in [5.74, 6) is 0.369. The Morgan fingerprint density at radius 1 is 1.06 bits per heavy atom. The molecule has 7 nitrogen and oxygen atoms in total. The van der Waals surface area contributed by atoms with Gasteiger partial charge in [-0.15, -0.1) is 0 Å². The number of hydrogen-bond acceptors (Lipinski definition) is 5. The third-order valence-corrected chi connectivity index (χ3v) is 6.53. The minimum Gasteiger partial charge on any atom is -0.369 e. The van der Waals surface area contributed by atoms with E-state index in [4.69, 9.17) is 4.98 Å². The van der Waals surface area contributed by atoms with Crippen LogP contribution in [0.2, 0.25) is 0 Å². The first-order valence-corrected chi connectivity index (χ1v) is 11.1. The van der Waals surface area contributed by atoms with Gasteiger partial charge in [-0.3, -0.25) is 9.48 Å². The molecule has 1 aromatic carbocycles. The lowest BCUT2D eigenvalue weighted by Gasteiger charge is -2.35. The summed E-state index contributed by atoms with van der Waals surface area (Å²) in [4.78, 5) is 22.9. The number of amides is 1. The first-order chi connectivity index (χ1) is 14.9. The summed E-state index contributed by atoms with van der Waals surface area (Å²) in [6, 6.07) is 8.18. The number of aromatic nitrogens is 3. The lowest BCUT2D eigenvalue weighted by atomic mass is 10.1. The van der Waals surface area contributed by atoms with Crippen LogP contribution >= 0.6 is 0 Å². The van der Waals surface area contributed by atoms with Crippen molar-refractivity contribution in [2.45, 2.75) is 32.6 Å². The van der Waals surface area contributed by atoms with Crippen molar-refractivity contribution in [3.05, 3.63) is 46.8 Å². The summed E-state index contributed by atoms with van der Waals surface area (Å²) in [6.45, 7) is 8.26. The SMILES string of the molecule is Cc1cc(NC(=O)c2cc(C3CC3)nc3c2c(C)nn3C)ccc1N1CCN(C)CC1. The van der Waals surface area contributed by atoms with Gasteiger partial charge in [-0.2, -0.15) is 5.10 Å². The summed E-state index contributed by atoms with van der Waals surface area (Å²) in [7, 11) is 4.05. The minimum absolute atomic E-state index is 0.0999. The Morgan fingerprint density at radius 2 is 1.81 bits per heavy atom. The van der Waals surface area contributed by atoms with E-state index in [1.54, 1.807) is 4.68 Å². The van der Waals surface area contributed by atoms with Gasteiger partial charge in [0.15, 0.2) is 5.65 Å². The monoisotopic (exact) mass is 418 g/mol. The molecule has 0 bridgehead atoms. The number of fused-ring (bicyclic) bond motifs is 1. The molecule has 2 fully saturated rings. The van der Waals surface area contributed by atoms with Crippen LogP contribution in [0, 0.1) is 13.8 Å². The van der Waals surface area contributed by atoms with Crippen LogP contribution in [-0.2, 0) is 7.05 Å². The number of aryl methyl sites for hydroxylation is 3. The molecule has 3 heterocycles.